The summed E-state index contributed by atoms with van der Waals surface area (Å²) in [6, 6.07) is 26.3. The first-order chi connectivity index (χ1) is 17.0. The topological polar surface area (TPSA) is 30.7 Å². The molecule has 4 aromatic rings. The van der Waals surface area contributed by atoms with E-state index < -0.39 is 0 Å². The average Bonchev–Trinajstić information content (AvgIpc) is 3.29. The molecule has 0 saturated heterocycles. The van der Waals surface area contributed by atoms with Crippen LogP contribution in [0, 0.1) is 12.8 Å². The van der Waals surface area contributed by atoms with Crippen molar-refractivity contribution in [2.75, 3.05) is 0 Å². The normalized spacial score (nSPS) is 12.3. The molecule has 0 aliphatic heterocycles. The maximum atomic E-state index is 4.85. The molecule has 1 aromatic heterocycles. The van der Waals surface area contributed by atoms with Crippen LogP contribution in [-0.4, -0.2) is 14.8 Å². The smallest absolute Gasteiger partial charge is 0.168 e. The third kappa shape index (κ3) is 5.73. The van der Waals surface area contributed by atoms with Crippen molar-refractivity contribution in [3.63, 3.8) is 0 Å². The standard InChI is InChI=1S/C32H39N3/c1-6-8-14-26(7-2)31-33-34-32(28-17-12-13-25(22-28)20-23(3)4)35(31)30-19-18-24(5)21-29(30)27-15-10-9-11-16-27/h9-13,15-19,21-23,26H,6-8,14,20H2,1-5H3. The minimum absolute atomic E-state index is 0.375. The summed E-state index contributed by atoms with van der Waals surface area (Å²) in [7, 11) is 0. The summed E-state index contributed by atoms with van der Waals surface area (Å²) in [6.45, 7) is 11.2. The molecule has 0 spiro atoms. The number of hydrogen-bond donors (Lipinski definition) is 0. The molecule has 0 fully saturated rings. The van der Waals surface area contributed by atoms with E-state index in [1.54, 1.807) is 0 Å². The SMILES string of the molecule is CCCCC(CC)c1nnc(-c2cccc(CC(C)C)c2)n1-c1ccc(C)cc1-c1ccccc1. The molecule has 182 valence electrons. The molecule has 0 saturated carbocycles. The van der Waals surface area contributed by atoms with Gasteiger partial charge >= 0.3 is 0 Å². The van der Waals surface area contributed by atoms with Crippen LogP contribution in [0.3, 0.4) is 0 Å². The van der Waals surface area contributed by atoms with Crippen LogP contribution in [0.5, 0.6) is 0 Å². The van der Waals surface area contributed by atoms with E-state index in [-0.39, 0.29) is 0 Å². The van der Waals surface area contributed by atoms with E-state index in [1.165, 1.54) is 35.1 Å². The Hall–Kier alpha value is -3.20. The number of unbranched alkanes of at least 4 members (excludes halogenated alkanes) is 1. The molecule has 3 aromatic carbocycles. The largest absolute Gasteiger partial charge is 0.278 e. The lowest BCUT2D eigenvalue weighted by molar-refractivity contribution is 0.535. The molecule has 0 aliphatic rings. The molecule has 0 aliphatic carbocycles. The Morgan fingerprint density at radius 2 is 1.60 bits per heavy atom. The summed E-state index contributed by atoms with van der Waals surface area (Å²) in [5.41, 5.74) is 7.32. The zero-order valence-corrected chi connectivity index (χ0v) is 22.0. The lowest BCUT2D eigenvalue weighted by Gasteiger charge is -2.20. The van der Waals surface area contributed by atoms with E-state index in [0.717, 1.165) is 42.2 Å². The van der Waals surface area contributed by atoms with Gasteiger partial charge in [0, 0.05) is 17.0 Å². The predicted octanol–water partition coefficient (Wildman–Crippen LogP) is 8.79. The summed E-state index contributed by atoms with van der Waals surface area (Å²) < 4.78 is 2.35. The Bertz CT molecular complexity index is 1240. The summed E-state index contributed by atoms with van der Waals surface area (Å²) in [4.78, 5) is 0. The predicted molar refractivity (Wildman–Crippen MR) is 148 cm³/mol. The van der Waals surface area contributed by atoms with Crippen LogP contribution < -0.4 is 0 Å². The lowest BCUT2D eigenvalue weighted by atomic mass is 9.96. The van der Waals surface area contributed by atoms with Gasteiger partial charge in [-0.05, 0) is 61.4 Å². The van der Waals surface area contributed by atoms with E-state index >= 15 is 0 Å². The highest BCUT2D eigenvalue weighted by atomic mass is 15.3. The van der Waals surface area contributed by atoms with Crippen molar-refractivity contribution in [3.8, 4) is 28.2 Å². The molecule has 0 radical (unpaired) electrons. The number of nitrogens with zero attached hydrogens (tertiary/aromatic N) is 3. The molecule has 0 N–H and O–H groups in total. The van der Waals surface area contributed by atoms with Gasteiger partial charge in [-0.3, -0.25) is 4.57 Å². The molecule has 3 heteroatoms. The molecule has 4 rings (SSSR count). The van der Waals surface area contributed by atoms with Crippen molar-refractivity contribution in [2.45, 2.75) is 72.6 Å². The summed E-state index contributed by atoms with van der Waals surface area (Å²) in [5.74, 6) is 2.99. The third-order valence-corrected chi connectivity index (χ3v) is 6.76. The van der Waals surface area contributed by atoms with Crippen molar-refractivity contribution in [1.29, 1.82) is 0 Å². The first-order valence-corrected chi connectivity index (χ1v) is 13.2. The minimum atomic E-state index is 0.375. The van der Waals surface area contributed by atoms with Crippen molar-refractivity contribution < 1.29 is 0 Å². The third-order valence-electron chi connectivity index (χ3n) is 6.76. The fourth-order valence-electron chi connectivity index (χ4n) is 4.95. The fraction of sp³-hybridized carbons (Fsp3) is 0.375. The summed E-state index contributed by atoms with van der Waals surface area (Å²) >= 11 is 0. The van der Waals surface area contributed by atoms with Crippen molar-refractivity contribution in [2.24, 2.45) is 5.92 Å². The maximum Gasteiger partial charge on any atom is 0.168 e. The molecule has 3 nitrogen and oxygen atoms in total. The molecular weight excluding hydrogens is 426 g/mol. The van der Waals surface area contributed by atoms with Crippen LogP contribution in [0.25, 0.3) is 28.2 Å². The van der Waals surface area contributed by atoms with Gasteiger partial charge in [0.05, 0.1) is 5.69 Å². The Labute approximate surface area is 211 Å². The monoisotopic (exact) mass is 465 g/mol. The molecule has 35 heavy (non-hydrogen) atoms. The number of rotatable bonds is 10. The van der Waals surface area contributed by atoms with E-state index in [9.17, 15) is 0 Å². The van der Waals surface area contributed by atoms with E-state index in [2.05, 4.69) is 112 Å². The van der Waals surface area contributed by atoms with Crippen LogP contribution in [0.2, 0.25) is 0 Å². The highest BCUT2D eigenvalue weighted by molar-refractivity contribution is 5.76. The van der Waals surface area contributed by atoms with Crippen LogP contribution in [-0.2, 0) is 6.42 Å². The second kappa shape index (κ2) is 11.5. The van der Waals surface area contributed by atoms with Gasteiger partial charge < -0.3 is 0 Å². The van der Waals surface area contributed by atoms with E-state index in [1.807, 2.05) is 0 Å². The van der Waals surface area contributed by atoms with Crippen LogP contribution in [0.15, 0.2) is 72.8 Å². The van der Waals surface area contributed by atoms with Gasteiger partial charge in [0.25, 0.3) is 0 Å². The van der Waals surface area contributed by atoms with Crippen LogP contribution >= 0.6 is 0 Å². The van der Waals surface area contributed by atoms with Gasteiger partial charge in [0.15, 0.2) is 5.82 Å². The first kappa shape index (κ1) is 24.9. The first-order valence-electron chi connectivity index (χ1n) is 13.2. The molecule has 0 bridgehead atoms. The zero-order chi connectivity index (χ0) is 24.8. The van der Waals surface area contributed by atoms with Gasteiger partial charge in [0.1, 0.15) is 5.82 Å². The van der Waals surface area contributed by atoms with Crippen molar-refractivity contribution >= 4 is 0 Å². The number of hydrogen-bond acceptors (Lipinski definition) is 2. The highest BCUT2D eigenvalue weighted by Crippen LogP contribution is 2.36. The zero-order valence-electron chi connectivity index (χ0n) is 22.0. The highest BCUT2D eigenvalue weighted by Gasteiger charge is 2.24. The minimum Gasteiger partial charge on any atom is -0.278 e. The molecule has 1 atom stereocenters. The van der Waals surface area contributed by atoms with Gasteiger partial charge in [-0.15, -0.1) is 10.2 Å². The Morgan fingerprint density at radius 1 is 0.829 bits per heavy atom. The number of aryl methyl sites for hydroxylation is 1. The second-order valence-corrected chi connectivity index (χ2v) is 10.1. The van der Waals surface area contributed by atoms with Crippen molar-refractivity contribution in [3.05, 3.63) is 89.7 Å². The molecular formula is C32H39N3. The second-order valence-electron chi connectivity index (χ2n) is 10.1. The molecule has 1 unspecified atom stereocenters. The molecule has 0 amide bonds. The van der Waals surface area contributed by atoms with Gasteiger partial charge in [-0.1, -0.05) is 101 Å². The lowest BCUT2D eigenvalue weighted by Crippen LogP contribution is -2.10. The Balaban J connectivity index is 1.95. The maximum absolute atomic E-state index is 4.85. The van der Waals surface area contributed by atoms with Crippen molar-refractivity contribution in [1.82, 2.24) is 14.8 Å². The van der Waals surface area contributed by atoms with Gasteiger partial charge in [0.2, 0.25) is 0 Å². The van der Waals surface area contributed by atoms with E-state index in [0.29, 0.717) is 11.8 Å². The fourth-order valence-corrected chi connectivity index (χ4v) is 4.95. The van der Waals surface area contributed by atoms with E-state index in [4.69, 9.17) is 10.2 Å². The van der Waals surface area contributed by atoms with Crippen LogP contribution in [0.1, 0.15) is 76.2 Å². The van der Waals surface area contributed by atoms with Crippen LogP contribution in [0.4, 0.5) is 0 Å². The Morgan fingerprint density at radius 3 is 2.31 bits per heavy atom. The number of aromatic nitrogens is 3. The number of benzene rings is 3. The summed E-state index contributed by atoms with van der Waals surface area (Å²) in [5, 5.41) is 9.68. The quantitative estimate of drug-likeness (QED) is 0.234. The average molecular weight is 466 g/mol. The Kier molecular flexibility index (Phi) is 8.17. The summed E-state index contributed by atoms with van der Waals surface area (Å²) in [6.07, 6.45) is 5.63. The molecule has 1 heterocycles. The van der Waals surface area contributed by atoms with Gasteiger partial charge in [-0.25, -0.2) is 0 Å². The van der Waals surface area contributed by atoms with Gasteiger partial charge in [-0.2, -0.15) is 0 Å².